The number of carbonyl (C=O) groups excluding carboxylic acids is 3. The van der Waals surface area contributed by atoms with Crippen molar-refractivity contribution in [3.8, 4) is 0 Å². The van der Waals surface area contributed by atoms with Crippen molar-refractivity contribution < 1.29 is 33.8 Å². The molecule has 2 aromatic rings. The first-order chi connectivity index (χ1) is 13.8. The van der Waals surface area contributed by atoms with E-state index in [-0.39, 0.29) is 35.4 Å². The SMILES string of the molecule is O=C(Nc1c(I)cc(I)cc1C(=O)O)c1ccccc1C(=O)OC1CCOC1=O. The molecule has 1 fully saturated rings. The summed E-state index contributed by atoms with van der Waals surface area (Å²) in [4.78, 5) is 48.4. The van der Waals surface area contributed by atoms with Crippen molar-refractivity contribution in [3.63, 3.8) is 0 Å². The molecule has 1 saturated heterocycles. The van der Waals surface area contributed by atoms with Crippen LogP contribution >= 0.6 is 45.2 Å². The minimum absolute atomic E-state index is 0.00504. The summed E-state index contributed by atoms with van der Waals surface area (Å²) in [7, 11) is 0. The van der Waals surface area contributed by atoms with Gasteiger partial charge in [-0.2, -0.15) is 0 Å². The van der Waals surface area contributed by atoms with Crippen LogP contribution in [0.3, 0.4) is 0 Å². The van der Waals surface area contributed by atoms with Crippen LogP contribution in [0, 0.1) is 7.14 Å². The van der Waals surface area contributed by atoms with E-state index in [1.165, 1.54) is 18.2 Å². The van der Waals surface area contributed by atoms with Crippen LogP contribution < -0.4 is 5.32 Å². The van der Waals surface area contributed by atoms with Crippen molar-refractivity contribution in [2.75, 3.05) is 11.9 Å². The molecule has 150 valence electrons. The van der Waals surface area contributed by atoms with Crippen molar-refractivity contribution >= 4 is 74.7 Å². The van der Waals surface area contributed by atoms with Crippen LogP contribution in [0.5, 0.6) is 0 Å². The first-order valence-corrected chi connectivity index (χ1v) is 10.4. The number of anilines is 1. The second kappa shape index (κ2) is 9.07. The van der Waals surface area contributed by atoms with Gasteiger partial charge < -0.3 is 19.9 Å². The van der Waals surface area contributed by atoms with Crippen LogP contribution in [0.1, 0.15) is 37.5 Å². The number of cyclic esters (lactones) is 1. The Kier molecular flexibility index (Phi) is 6.72. The zero-order valence-electron chi connectivity index (χ0n) is 14.6. The Morgan fingerprint density at radius 3 is 2.41 bits per heavy atom. The van der Waals surface area contributed by atoms with Crippen LogP contribution in [0.15, 0.2) is 36.4 Å². The predicted molar refractivity (Wildman–Crippen MR) is 118 cm³/mol. The average Bonchev–Trinajstić information content (AvgIpc) is 3.07. The van der Waals surface area contributed by atoms with Gasteiger partial charge >= 0.3 is 17.9 Å². The topological polar surface area (TPSA) is 119 Å². The van der Waals surface area contributed by atoms with Crippen LogP contribution in [0.25, 0.3) is 0 Å². The Morgan fingerprint density at radius 2 is 1.79 bits per heavy atom. The molecular formula is C19H13I2NO7. The molecule has 1 aliphatic heterocycles. The second-order valence-electron chi connectivity index (χ2n) is 5.97. The molecule has 0 spiro atoms. The highest BCUT2D eigenvalue weighted by atomic mass is 127. The number of nitrogens with one attached hydrogen (secondary N) is 1. The molecule has 0 saturated carbocycles. The van der Waals surface area contributed by atoms with E-state index in [9.17, 15) is 24.3 Å². The predicted octanol–water partition coefficient (Wildman–Crippen LogP) is 3.32. The minimum Gasteiger partial charge on any atom is -0.478 e. The zero-order chi connectivity index (χ0) is 21.1. The molecule has 1 heterocycles. The van der Waals surface area contributed by atoms with Crippen molar-refractivity contribution in [2.45, 2.75) is 12.5 Å². The Hall–Kier alpha value is -2.22. The lowest BCUT2D eigenvalue weighted by atomic mass is 10.1. The quantitative estimate of drug-likeness (QED) is 0.389. The largest absolute Gasteiger partial charge is 0.478 e. The number of halogens is 2. The molecule has 1 amide bonds. The van der Waals surface area contributed by atoms with Gasteiger partial charge in [-0.3, -0.25) is 4.79 Å². The van der Waals surface area contributed by atoms with Crippen LogP contribution in [-0.2, 0) is 14.3 Å². The van der Waals surface area contributed by atoms with E-state index in [1.54, 1.807) is 18.2 Å². The summed E-state index contributed by atoms with van der Waals surface area (Å²) in [5, 5.41) is 12.0. The first-order valence-electron chi connectivity index (χ1n) is 8.28. The molecule has 0 aliphatic carbocycles. The maximum absolute atomic E-state index is 12.8. The van der Waals surface area contributed by atoms with E-state index in [2.05, 4.69) is 5.32 Å². The standard InChI is InChI=1S/C19H13I2NO7/c20-9-7-12(17(24)25)15(13(21)8-9)22-16(23)10-3-1-2-4-11(10)18(26)29-14-5-6-28-19(14)27/h1-4,7-8,14H,5-6H2,(H,22,23)(H,24,25). The van der Waals surface area contributed by atoms with Gasteiger partial charge in [-0.05, 0) is 69.4 Å². The highest BCUT2D eigenvalue weighted by Crippen LogP contribution is 2.27. The first kappa shape index (κ1) is 21.5. The highest BCUT2D eigenvalue weighted by Gasteiger charge is 2.31. The van der Waals surface area contributed by atoms with Gasteiger partial charge in [0.15, 0.2) is 0 Å². The lowest BCUT2D eigenvalue weighted by Crippen LogP contribution is -2.25. The molecule has 3 rings (SSSR count). The number of aromatic carboxylic acids is 1. The zero-order valence-corrected chi connectivity index (χ0v) is 18.9. The number of esters is 2. The number of hydrogen-bond acceptors (Lipinski definition) is 6. The summed E-state index contributed by atoms with van der Waals surface area (Å²) >= 11 is 3.91. The van der Waals surface area contributed by atoms with E-state index < -0.39 is 29.9 Å². The fraction of sp³-hybridized carbons (Fsp3) is 0.158. The molecule has 1 atom stereocenters. The lowest BCUT2D eigenvalue weighted by molar-refractivity contribution is -0.145. The molecule has 0 aromatic heterocycles. The van der Waals surface area contributed by atoms with Crippen molar-refractivity contribution in [2.24, 2.45) is 0 Å². The van der Waals surface area contributed by atoms with Crippen molar-refractivity contribution in [1.82, 2.24) is 0 Å². The summed E-state index contributed by atoms with van der Waals surface area (Å²) in [5.74, 6) is -3.33. The third kappa shape index (κ3) is 4.86. The summed E-state index contributed by atoms with van der Waals surface area (Å²) in [6, 6.07) is 9.08. The molecule has 1 unspecified atom stereocenters. The van der Waals surface area contributed by atoms with Gasteiger partial charge in [-0.1, -0.05) is 12.1 Å². The second-order valence-corrected chi connectivity index (χ2v) is 8.37. The number of ether oxygens (including phenoxy) is 2. The van der Waals surface area contributed by atoms with Gasteiger partial charge in [0.05, 0.1) is 29.0 Å². The molecule has 8 nitrogen and oxygen atoms in total. The van der Waals surface area contributed by atoms with Gasteiger partial charge in [0.1, 0.15) is 0 Å². The average molecular weight is 621 g/mol. The van der Waals surface area contributed by atoms with Gasteiger partial charge in [-0.15, -0.1) is 0 Å². The molecule has 2 N–H and O–H groups in total. The van der Waals surface area contributed by atoms with E-state index in [1.807, 2.05) is 45.2 Å². The third-order valence-corrected chi connectivity index (χ3v) is 5.53. The van der Waals surface area contributed by atoms with Gasteiger partial charge in [0.2, 0.25) is 6.10 Å². The maximum atomic E-state index is 12.8. The summed E-state index contributed by atoms with van der Waals surface area (Å²) in [5.41, 5.74) is 0.0195. The van der Waals surface area contributed by atoms with Crippen molar-refractivity contribution in [1.29, 1.82) is 0 Å². The van der Waals surface area contributed by atoms with Gasteiger partial charge in [-0.25, -0.2) is 14.4 Å². The van der Waals surface area contributed by atoms with E-state index in [0.717, 1.165) is 0 Å². The molecule has 29 heavy (non-hydrogen) atoms. The Bertz CT molecular complexity index is 1020. The number of hydrogen-bond donors (Lipinski definition) is 2. The summed E-state index contributed by atoms with van der Waals surface area (Å²) in [6.45, 7) is 0.169. The maximum Gasteiger partial charge on any atom is 0.347 e. The lowest BCUT2D eigenvalue weighted by Gasteiger charge is -2.14. The fourth-order valence-electron chi connectivity index (χ4n) is 2.69. The molecule has 1 aliphatic rings. The Morgan fingerprint density at radius 1 is 1.10 bits per heavy atom. The summed E-state index contributed by atoms with van der Waals surface area (Å²) < 4.78 is 11.2. The van der Waals surface area contributed by atoms with E-state index in [0.29, 0.717) is 7.14 Å². The van der Waals surface area contributed by atoms with Crippen LogP contribution in [-0.4, -0.2) is 41.6 Å². The number of rotatable bonds is 5. The van der Waals surface area contributed by atoms with Crippen LogP contribution in [0.2, 0.25) is 0 Å². The smallest absolute Gasteiger partial charge is 0.347 e. The monoisotopic (exact) mass is 621 g/mol. The normalized spacial score (nSPS) is 15.5. The number of benzene rings is 2. The molecular weight excluding hydrogens is 608 g/mol. The van der Waals surface area contributed by atoms with Crippen molar-refractivity contribution in [3.05, 3.63) is 60.2 Å². The molecule has 2 aromatic carbocycles. The highest BCUT2D eigenvalue weighted by molar-refractivity contribution is 14.1. The third-order valence-electron chi connectivity index (χ3n) is 4.05. The van der Waals surface area contributed by atoms with Gasteiger partial charge in [0, 0.05) is 13.6 Å². The molecule has 0 radical (unpaired) electrons. The van der Waals surface area contributed by atoms with Crippen LogP contribution in [0.4, 0.5) is 5.69 Å². The Balaban J connectivity index is 1.89. The Labute approximate surface area is 192 Å². The number of carbonyl (C=O) groups is 4. The number of amides is 1. The molecule has 0 bridgehead atoms. The number of carboxylic acid groups (broad SMARTS) is 1. The van der Waals surface area contributed by atoms with E-state index >= 15 is 0 Å². The molecule has 10 heteroatoms. The van der Waals surface area contributed by atoms with E-state index in [4.69, 9.17) is 9.47 Å². The number of carboxylic acids is 1. The van der Waals surface area contributed by atoms with Gasteiger partial charge in [0.25, 0.3) is 5.91 Å². The fourth-order valence-corrected chi connectivity index (χ4v) is 4.67. The summed E-state index contributed by atoms with van der Waals surface area (Å²) in [6.07, 6.45) is -0.753. The minimum atomic E-state index is -1.19.